The van der Waals surface area contributed by atoms with Crippen LogP contribution in [-0.4, -0.2) is 69.2 Å². The summed E-state index contributed by atoms with van der Waals surface area (Å²) in [7, 11) is -0.334. The molecule has 0 amide bonds. The van der Waals surface area contributed by atoms with Crippen LogP contribution in [0, 0.1) is 11.8 Å². The highest BCUT2D eigenvalue weighted by Crippen LogP contribution is 2.31. The normalized spacial score (nSPS) is 15.1. The van der Waals surface area contributed by atoms with Crippen LogP contribution in [0.4, 0.5) is 0 Å². The Bertz CT molecular complexity index is 778. The molecule has 1 rings (SSSR count). The van der Waals surface area contributed by atoms with Gasteiger partial charge in [-0.2, -0.15) is 0 Å². The number of halogens is 1. The lowest BCUT2D eigenvalue weighted by Crippen LogP contribution is -2.44. The maximum Gasteiger partial charge on any atom is 0.227 e. The second-order valence-electron chi connectivity index (χ2n) is 8.23. The number of aliphatic hydroxyl groups excluding tert-OH is 1. The van der Waals surface area contributed by atoms with Gasteiger partial charge in [-0.15, -0.1) is 3.82 Å². The topological polar surface area (TPSA) is 111 Å². The fourth-order valence-electron chi connectivity index (χ4n) is 3.28. The van der Waals surface area contributed by atoms with E-state index in [-0.39, 0.29) is 18.2 Å². The lowest BCUT2D eigenvalue weighted by atomic mass is 9.83. The Morgan fingerprint density at radius 2 is 1.88 bits per heavy atom. The van der Waals surface area contributed by atoms with Gasteiger partial charge in [0.15, 0.2) is 11.5 Å². The summed E-state index contributed by atoms with van der Waals surface area (Å²) in [6, 6.07) is 5.23. The first-order valence-corrected chi connectivity index (χ1v) is 12.9. The van der Waals surface area contributed by atoms with Gasteiger partial charge in [0, 0.05) is 26.2 Å². The third-order valence-electron chi connectivity index (χ3n) is 5.49. The van der Waals surface area contributed by atoms with E-state index in [2.05, 4.69) is 13.8 Å². The summed E-state index contributed by atoms with van der Waals surface area (Å²) >= 11 is 5.84. The van der Waals surface area contributed by atoms with Gasteiger partial charge in [-0.1, -0.05) is 19.9 Å². The summed E-state index contributed by atoms with van der Waals surface area (Å²) < 4.78 is 40.7. The van der Waals surface area contributed by atoms with Crippen LogP contribution < -0.4 is 15.2 Å². The van der Waals surface area contributed by atoms with E-state index in [9.17, 15) is 13.5 Å². The monoisotopic (exact) mass is 494 g/mol. The standard InChI is InChI=1S/C22H39ClN2O6S/c1-6-32(27,28)25(23)15-20(26)19(24)14-18(16(2)3)12-17-8-9-21(30-5)22(13-17)31-11-7-10-29-4/h8-9,13,16,18-20,26H,6-7,10-12,14-15,24H2,1-5H3/t18-,19-,20-/m0/s1. The molecule has 0 saturated carbocycles. The highest BCUT2D eigenvalue weighted by Gasteiger charge is 2.27. The van der Waals surface area contributed by atoms with Crippen molar-refractivity contribution in [1.82, 2.24) is 3.82 Å². The molecule has 1 aromatic carbocycles. The van der Waals surface area contributed by atoms with Crippen LogP contribution >= 0.6 is 11.8 Å². The molecule has 0 spiro atoms. The molecule has 0 unspecified atom stereocenters. The van der Waals surface area contributed by atoms with E-state index < -0.39 is 22.2 Å². The number of nitrogens with zero attached hydrogens (tertiary/aromatic N) is 1. The van der Waals surface area contributed by atoms with E-state index in [4.69, 9.17) is 31.7 Å². The maximum absolute atomic E-state index is 11.8. The predicted molar refractivity (Wildman–Crippen MR) is 128 cm³/mol. The van der Waals surface area contributed by atoms with Crippen LogP contribution in [0.25, 0.3) is 0 Å². The van der Waals surface area contributed by atoms with Crippen LogP contribution in [0.1, 0.15) is 39.2 Å². The van der Waals surface area contributed by atoms with Crippen molar-refractivity contribution in [1.29, 1.82) is 0 Å². The van der Waals surface area contributed by atoms with Crippen LogP contribution in [-0.2, 0) is 21.2 Å². The van der Waals surface area contributed by atoms with Crippen molar-refractivity contribution in [3.8, 4) is 11.5 Å². The van der Waals surface area contributed by atoms with Crippen molar-refractivity contribution in [3.63, 3.8) is 0 Å². The minimum absolute atomic E-state index is 0.138. The average molecular weight is 495 g/mol. The van der Waals surface area contributed by atoms with Crippen LogP contribution in [0.5, 0.6) is 11.5 Å². The van der Waals surface area contributed by atoms with E-state index in [1.165, 1.54) is 6.92 Å². The molecule has 0 fully saturated rings. The Morgan fingerprint density at radius 3 is 2.44 bits per heavy atom. The maximum atomic E-state index is 11.8. The quantitative estimate of drug-likeness (QED) is 0.268. The van der Waals surface area contributed by atoms with Crippen molar-refractivity contribution < 1.29 is 27.7 Å². The summed E-state index contributed by atoms with van der Waals surface area (Å²) in [5.41, 5.74) is 7.30. The largest absolute Gasteiger partial charge is 0.493 e. The van der Waals surface area contributed by atoms with Crippen molar-refractivity contribution in [2.45, 2.75) is 52.2 Å². The number of sulfonamides is 1. The van der Waals surface area contributed by atoms with Crippen LogP contribution in [0.15, 0.2) is 18.2 Å². The molecular weight excluding hydrogens is 456 g/mol. The van der Waals surface area contributed by atoms with Crippen molar-refractivity contribution in [2.24, 2.45) is 17.6 Å². The highest BCUT2D eigenvalue weighted by molar-refractivity contribution is 7.89. The Labute approximate surface area is 198 Å². The zero-order chi connectivity index (χ0) is 24.3. The smallest absolute Gasteiger partial charge is 0.227 e. The molecule has 0 saturated heterocycles. The summed E-state index contributed by atoms with van der Waals surface area (Å²) in [6.07, 6.45) is 0.960. The zero-order valence-electron chi connectivity index (χ0n) is 19.8. The van der Waals surface area contributed by atoms with E-state index >= 15 is 0 Å². The summed E-state index contributed by atoms with van der Waals surface area (Å²) in [6.45, 7) is 6.60. The van der Waals surface area contributed by atoms with Crippen molar-refractivity contribution in [2.75, 3.05) is 39.7 Å². The van der Waals surface area contributed by atoms with Crippen LogP contribution in [0.3, 0.4) is 0 Å². The fourth-order valence-corrected chi connectivity index (χ4v) is 4.38. The number of aliphatic hydroxyl groups is 1. The average Bonchev–Trinajstić information content (AvgIpc) is 2.76. The number of hydrogen-bond acceptors (Lipinski definition) is 7. The van der Waals surface area contributed by atoms with E-state index in [0.717, 1.165) is 18.4 Å². The first-order valence-electron chi connectivity index (χ1n) is 10.9. The second-order valence-corrected chi connectivity index (χ2v) is 11.0. The molecule has 186 valence electrons. The number of nitrogens with two attached hydrogens (primary N) is 1. The first-order chi connectivity index (χ1) is 15.0. The number of benzene rings is 1. The molecule has 0 radical (unpaired) electrons. The summed E-state index contributed by atoms with van der Waals surface area (Å²) in [4.78, 5) is 0. The van der Waals surface area contributed by atoms with Crippen molar-refractivity contribution in [3.05, 3.63) is 23.8 Å². The van der Waals surface area contributed by atoms with Gasteiger partial charge in [0.05, 0.1) is 32.1 Å². The first kappa shape index (κ1) is 28.9. The van der Waals surface area contributed by atoms with Gasteiger partial charge in [0.2, 0.25) is 10.0 Å². The van der Waals surface area contributed by atoms with E-state index in [0.29, 0.717) is 40.9 Å². The third-order valence-corrected chi connectivity index (χ3v) is 7.74. The van der Waals surface area contributed by atoms with E-state index in [1.807, 2.05) is 18.2 Å². The van der Waals surface area contributed by atoms with Crippen LogP contribution in [0.2, 0.25) is 0 Å². The molecule has 8 nitrogen and oxygen atoms in total. The lowest BCUT2D eigenvalue weighted by Gasteiger charge is -2.28. The molecule has 0 aliphatic heterocycles. The minimum atomic E-state index is -3.59. The molecule has 0 aliphatic carbocycles. The van der Waals surface area contributed by atoms with Gasteiger partial charge in [0.25, 0.3) is 0 Å². The van der Waals surface area contributed by atoms with Gasteiger partial charge >= 0.3 is 0 Å². The molecular formula is C22H39ClN2O6S. The lowest BCUT2D eigenvalue weighted by molar-refractivity contribution is 0.118. The summed E-state index contributed by atoms with van der Waals surface area (Å²) in [5.74, 6) is 1.67. The fraction of sp³-hybridized carbons (Fsp3) is 0.727. The Hall–Kier alpha value is -1.10. The van der Waals surface area contributed by atoms with Gasteiger partial charge in [-0.25, -0.2) is 8.42 Å². The number of methoxy groups -OCH3 is 2. The second kappa shape index (κ2) is 14.2. The predicted octanol–water partition coefficient (Wildman–Crippen LogP) is 2.81. The third kappa shape index (κ3) is 9.41. The van der Waals surface area contributed by atoms with Crippen molar-refractivity contribution >= 4 is 21.8 Å². The number of ether oxygens (including phenoxy) is 3. The molecule has 0 aliphatic rings. The van der Waals surface area contributed by atoms with E-state index in [1.54, 1.807) is 14.2 Å². The van der Waals surface area contributed by atoms with Gasteiger partial charge in [0.1, 0.15) is 0 Å². The minimum Gasteiger partial charge on any atom is -0.493 e. The van der Waals surface area contributed by atoms with Gasteiger partial charge in [-0.3, -0.25) is 0 Å². The Morgan fingerprint density at radius 1 is 1.19 bits per heavy atom. The Kier molecular flexibility index (Phi) is 12.9. The number of rotatable bonds is 16. The molecule has 10 heteroatoms. The molecule has 0 bridgehead atoms. The summed E-state index contributed by atoms with van der Waals surface area (Å²) in [5, 5.41) is 10.4. The molecule has 3 N–H and O–H groups in total. The molecule has 32 heavy (non-hydrogen) atoms. The molecule has 0 aromatic heterocycles. The zero-order valence-corrected chi connectivity index (χ0v) is 21.4. The highest BCUT2D eigenvalue weighted by atomic mass is 35.5. The molecule has 0 heterocycles. The SMILES string of the molecule is CCS(=O)(=O)N(Cl)C[C@H](O)[C@@H](N)C[C@H](Cc1ccc(OC)c(OCCCOC)c1)C(C)C. The van der Waals surface area contributed by atoms with Gasteiger partial charge < -0.3 is 25.1 Å². The Balaban J connectivity index is 2.83. The van der Waals surface area contributed by atoms with Gasteiger partial charge in [-0.05, 0) is 61.1 Å². The molecule has 3 atom stereocenters. The number of hydrogen-bond donors (Lipinski definition) is 2. The molecule has 1 aromatic rings.